The van der Waals surface area contributed by atoms with Crippen LogP contribution in [-0.2, 0) is 27.4 Å². The summed E-state index contributed by atoms with van der Waals surface area (Å²) in [6.45, 7) is 2.43. The highest BCUT2D eigenvalue weighted by molar-refractivity contribution is 7.99. The molecule has 3 aromatic carbocycles. The first-order valence-corrected chi connectivity index (χ1v) is 12.0. The molecule has 6 heteroatoms. The first-order chi connectivity index (χ1) is 16.1. The van der Waals surface area contributed by atoms with Crippen LogP contribution in [0.1, 0.15) is 16.7 Å². The van der Waals surface area contributed by atoms with E-state index in [0.29, 0.717) is 13.2 Å². The van der Waals surface area contributed by atoms with Crippen LogP contribution < -0.4 is 0 Å². The van der Waals surface area contributed by atoms with Gasteiger partial charge in [-0.2, -0.15) is 0 Å². The maximum absolute atomic E-state index is 11.0. The van der Waals surface area contributed by atoms with E-state index in [1.165, 1.54) is 17.3 Å². The number of ether oxygens (including phenoxy) is 3. The molecule has 5 nitrogen and oxygen atoms in total. The summed E-state index contributed by atoms with van der Waals surface area (Å²) in [5.74, 6) is 0. The monoisotopic (exact) mass is 466 g/mol. The molecule has 0 saturated carbocycles. The zero-order chi connectivity index (χ0) is 23.0. The first kappa shape index (κ1) is 24.0. The molecule has 174 valence electrons. The third-order valence-electron chi connectivity index (χ3n) is 5.64. The minimum absolute atomic E-state index is 0.303. The summed E-state index contributed by atoms with van der Waals surface area (Å²) in [6.07, 6.45) is -2.99. The molecule has 33 heavy (non-hydrogen) atoms. The van der Waals surface area contributed by atoms with Gasteiger partial charge in [0.25, 0.3) is 0 Å². The van der Waals surface area contributed by atoms with Gasteiger partial charge in [0.05, 0.1) is 19.8 Å². The molecule has 0 radical (unpaired) electrons. The van der Waals surface area contributed by atoms with Gasteiger partial charge in [0.15, 0.2) is 0 Å². The standard InChI is InChI=1S/C27H30O5S/c1-19-12-14-22(15-13-19)33-27-26(31-18-21-10-6-3-7-11-21)25(24(29)23(16-28)32-27)30-17-20-8-4-2-5-9-20/h2-15,23-29H,16-18H2,1H3. The lowest BCUT2D eigenvalue weighted by atomic mass is 9.99. The summed E-state index contributed by atoms with van der Waals surface area (Å²) < 4.78 is 18.7. The zero-order valence-electron chi connectivity index (χ0n) is 18.6. The van der Waals surface area contributed by atoms with Crippen molar-refractivity contribution in [2.75, 3.05) is 6.61 Å². The van der Waals surface area contributed by atoms with E-state index in [1.54, 1.807) is 0 Å². The molecule has 1 saturated heterocycles. The molecule has 0 spiro atoms. The Morgan fingerprint density at radius 1 is 0.788 bits per heavy atom. The third kappa shape index (κ3) is 6.44. The van der Waals surface area contributed by atoms with E-state index in [2.05, 4.69) is 0 Å². The van der Waals surface area contributed by atoms with Gasteiger partial charge in [-0.05, 0) is 30.2 Å². The highest BCUT2D eigenvalue weighted by Crippen LogP contribution is 2.36. The highest BCUT2D eigenvalue weighted by Gasteiger charge is 2.47. The van der Waals surface area contributed by atoms with E-state index in [1.807, 2.05) is 91.9 Å². The fourth-order valence-electron chi connectivity index (χ4n) is 3.79. The Labute approximate surface area is 199 Å². The topological polar surface area (TPSA) is 68.2 Å². The fourth-order valence-corrected chi connectivity index (χ4v) is 4.92. The quantitative estimate of drug-likeness (QED) is 0.489. The number of rotatable bonds is 9. The average Bonchev–Trinajstić information content (AvgIpc) is 2.85. The molecule has 5 unspecified atom stereocenters. The van der Waals surface area contributed by atoms with Gasteiger partial charge in [0, 0.05) is 4.90 Å². The summed E-state index contributed by atoms with van der Waals surface area (Å²) in [5, 5.41) is 20.9. The lowest BCUT2D eigenvalue weighted by molar-refractivity contribution is -0.237. The molecule has 0 bridgehead atoms. The highest BCUT2D eigenvalue weighted by atomic mass is 32.2. The van der Waals surface area contributed by atoms with E-state index >= 15 is 0 Å². The van der Waals surface area contributed by atoms with E-state index in [-0.39, 0.29) is 6.61 Å². The number of hydrogen-bond acceptors (Lipinski definition) is 6. The molecule has 2 N–H and O–H groups in total. The summed E-state index contributed by atoms with van der Waals surface area (Å²) >= 11 is 1.51. The number of aliphatic hydroxyl groups is 2. The van der Waals surface area contributed by atoms with Crippen LogP contribution in [0.25, 0.3) is 0 Å². The Bertz CT molecular complexity index is 967. The van der Waals surface area contributed by atoms with Crippen molar-refractivity contribution in [3.63, 3.8) is 0 Å². The van der Waals surface area contributed by atoms with Gasteiger partial charge >= 0.3 is 0 Å². The van der Waals surface area contributed by atoms with E-state index in [9.17, 15) is 10.2 Å². The van der Waals surface area contributed by atoms with Crippen molar-refractivity contribution in [1.82, 2.24) is 0 Å². The SMILES string of the molecule is Cc1ccc(SC2OC(CO)C(O)C(OCc3ccccc3)C2OCc2ccccc2)cc1. The Kier molecular flexibility index (Phi) is 8.56. The maximum Gasteiger partial charge on any atom is 0.137 e. The molecule has 0 amide bonds. The van der Waals surface area contributed by atoms with Crippen molar-refractivity contribution >= 4 is 11.8 Å². The second kappa shape index (κ2) is 11.8. The molecule has 5 atom stereocenters. The van der Waals surface area contributed by atoms with Crippen LogP contribution in [0.3, 0.4) is 0 Å². The summed E-state index contributed by atoms with van der Waals surface area (Å²) in [5.41, 5.74) is 2.74. The minimum Gasteiger partial charge on any atom is -0.394 e. The molecule has 1 heterocycles. The Balaban J connectivity index is 1.57. The lowest BCUT2D eigenvalue weighted by Crippen LogP contribution is -2.59. The normalized spacial score (nSPS) is 25.1. The maximum atomic E-state index is 11.0. The molecule has 1 aliphatic heterocycles. The van der Waals surface area contributed by atoms with Gasteiger partial charge in [-0.25, -0.2) is 0 Å². The van der Waals surface area contributed by atoms with Crippen molar-refractivity contribution in [3.8, 4) is 0 Å². The fraction of sp³-hybridized carbons (Fsp3) is 0.333. The van der Waals surface area contributed by atoms with Gasteiger partial charge in [0.2, 0.25) is 0 Å². The molecule has 4 rings (SSSR count). The Morgan fingerprint density at radius 3 is 1.88 bits per heavy atom. The summed E-state index contributed by atoms with van der Waals surface area (Å²) in [6, 6.07) is 27.9. The number of thioether (sulfide) groups is 1. The molecule has 0 aliphatic carbocycles. The van der Waals surface area contributed by atoms with Crippen molar-refractivity contribution in [2.45, 2.75) is 54.9 Å². The number of benzene rings is 3. The average molecular weight is 467 g/mol. The third-order valence-corrected chi connectivity index (χ3v) is 6.80. The molecule has 3 aromatic rings. The van der Waals surface area contributed by atoms with Crippen LogP contribution in [0.2, 0.25) is 0 Å². The largest absolute Gasteiger partial charge is 0.394 e. The van der Waals surface area contributed by atoms with E-state index < -0.39 is 29.9 Å². The Morgan fingerprint density at radius 2 is 1.33 bits per heavy atom. The van der Waals surface area contributed by atoms with Crippen LogP contribution in [0.4, 0.5) is 0 Å². The second-order valence-corrected chi connectivity index (χ2v) is 9.34. The molecule has 1 aliphatic rings. The predicted octanol–water partition coefficient (Wildman–Crippen LogP) is 4.34. The van der Waals surface area contributed by atoms with Gasteiger partial charge in [-0.15, -0.1) is 0 Å². The van der Waals surface area contributed by atoms with E-state index in [0.717, 1.165) is 16.0 Å². The van der Waals surface area contributed by atoms with Crippen LogP contribution in [0.5, 0.6) is 0 Å². The lowest BCUT2D eigenvalue weighted by Gasteiger charge is -2.43. The zero-order valence-corrected chi connectivity index (χ0v) is 19.4. The second-order valence-electron chi connectivity index (χ2n) is 8.17. The van der Waals surface area contributed by atoms with Gasteiger partial charge < -0.3 is 24.4 Å². The van der Waals surface area contributed by atoms with Crippen LogP contribution in [0.15, 0.2) is 89.8 Å². The Hall–Kier alpha value is -2.19. The number of aryl methyl sites for hydroxylation is 1. The van der Waals surface area contributed by atoms with Crippen molar-refractivity contribution in [1.29, 1.82) is 0 Å². The van der Waals surface area contributed by atoms with Crippen LogP contribution in [-0.4, -0.2) is 46.7 Å². The molecular weight excluding hydrogens is 436 g/mol. The van der Waals surface area contributed by atoms with Gasteiger partial charge in [0.1, 0.15) is 29.9 Å². The number of hydrogen-bond donors (Lipinski definition) is 2. The summed E-state index contributed by atoms with van der Waals surface area (Å²) in [7, 11) is 0. The van der Waals surface area contributed by atoms with Gasteiger partial charge in [-0.1, -0.05) is 90.1 Å². The minimum atomic E-state index is -1.02. The summed E-state index contributed by atoms with van der Waals surface area (Å²) in [4.78, 5) is 1.02. The number of aliphatic hydroxyl groups excluding tert-OH is 2. The van der Waals surface area contributed by atoms with Crippen molar-refractivity contribution < 1.29 is 24.4 Å². The van der Waals surface area contributed by atoms with E-state index in [4.69, 9.17) is 14.2 Å². The smallest absolute Gasteiger partial charge is 0.137 e. The van der Waals surface area contributed by atoms with Crippen LogP contribution >= 0.6 is 11.8 Å². The van der Waals surface area contributed by atoms with Gasteiger partial charge in [-0.3, -0.25) is 0 Å². The van der Waals surface area contributed by atoms with Crippen molar-refractivity contribution in [2.24, 2.45) is 0 Å². The molecule has 1 fully saturated rings. The van der Waals surface area contributed by atoms with Crippen molar-refractivity contribution in [3.05, 3.63) is 102 Å². The molecule has 0 aromatic heterocycles. The first-order valence-electron chi connectivity index (χ1n) is 11.1. The molecular formula is C27H30O5S. The van der Waals surface area contributed by atoms with Crippen LogP contribution in [0, 0.1) is 6.92 Å². The predicted molar refractivity (Wildman–Crippen MR) is 129 cm³/mol.